The number of carbonyl (C=O) groups excluding carboxylic acids is 2. The molecule has 1 atom stereocenters. The van der Waals surface area contributed by atoms with Gasteiger partial charge in [0.15, 0.2) is 0 Å². The van der Waals surface area contributed by atoms with Crippen LogP contribution in [0.5, 0.6) is 5.75 Å². The fourth-order valence-corrected chi connectivity index (χ4v) is 4.31. The van der Waals surface area contributed by atoms with Gasteiger partial charge in [0.1, 0.15) is 11.6 Å². The summed E-state index contributed by atoms with van der Waals surface area (Å²) in [6.07, 6.45) is 1.39. The maximum absolute atomic E-state index is 13.1. The van der Waals surface area contributed by atoms with Crippen molar-refractivity contribution in [2.45, 2.75) is 19.4 Å². The molecule has 2 heterocycles. The summed E-state index contributed by atoms with van der Waals surface area (Å²) in [7, 11) is 2.06. The quantitative estimate of drug-likeness (QED) is 0.445. The van der Waals surface area contributed by atoms with Gasteiger partial charge in [-0.15, -0.1) is 0 Å². The lowest BCUT2D eigenvalue weighted by atomic mass is 9.90. The smallest absolute Gasteiger partial charge is 0.259 e. The van der Waals surface area contributed by atoms with Crippen LogP contribution in [0, 0.1) is 0 Å². The zero-order valence-electron chi connectivity index (χ0n) is 18.0. The molecule has 0 bridgehead atoms. The van der Waals surface area contributed by atoms with E-state index in [-0.39, 0.29) is 33.8 Å². The van der Waals surface area contributed by atoms with Gasteiger partial charge >= 0.3 is 0 Å². The highest BCUT2D eigenvalue weighted by Gasteiger charge is 2.23. The highest BCUT2D eigenvalue weighted by atomic mass is 35.5. The molecule has 170 valence electrons. The van der Waals surface area contributed by atoms with Gasteiger partial charge in [-0.2, -0.15) is 0 Å². The van der Waals surface area contributed by atoms with Gasteiger partial charge in [-0.05, 0) is 54.4 Å². The number of phenols is 1. The van der Waals surface area contributed by atoms with E-state index >= 15 is 0 Å². The number of likely N-dealkylation sites (N-methyl/N-ethyl adjacent to an activating group) is 1. The lowest BCUT2D eigenvalue weighted by molar-refractivity contribution is 0.102. The summed E-state index contributed by atoms with van der Waals surface area (Å²) in [5.41, 5.74) is 2.69. The van der Waals surface area contributed by atoms with E-state index in [1.165, 1.54) is 30.0 Å². The number of benzene rings is 2. The van der Waals surface area contributed by atoms with E-state index in [0.717, 1.165) is 18.7 Å². The summed E-state index contributed by atoms with van der Waals surface area (Å²) in [6.45, 7) is 3.84. The molecule has 7 nitrogen and oxygen atoms in total. The number of phenolic OH excluding ortho intramolecular Hbond substituents is 1. The van der Waals surface area contributed by atoms with E-state index in [2.05, 4.69) is 34.5 Å². The number of aromatic nitrogens is 1. The van der Waals surface area contributed by atoms with Crippen molar-refractivity contribution in [1.82, 2.24) is 9.88 Å². The summed E-state index contributed by atoms with van der Waals surface area (Å²) in [5.74, 6) is -0.823. The van der Waals surface area contributed by atoms with Crippen molar-refractivity contribution >= 4 is 46.5 Å². The van der Waals surface area contributed by atoms with Gasteiger partial charge in [0.25, 0.3) is 11.8 Å². The minimum Gasteiger partial charge on any atom is -0.506 e. The zero-order valence-corrected chi connectivity index (χ0v) is 19.5. The number of aromatic hydroxyl groups is 1. The number of nitrogens with one attached hydrogen (secondary N) is 2. The predicted molar refractivity (Wildman–Crippen MR) is 129 cm³/mol. The average Bonchev–Trinajstić information content (AvgIpc) is 2.76. The maximum Gasteiger partial charge on any atom is 0.259 e. The van der Waals surface area contributed by atoms with Crippen LogP contribution in [0.1, 0.15) is 44.7 Å². The van der Waals surface area contributed by atoms with Crippen molar-refractivity contribution in [3.8, 4) is 5.75 Å². The number of halogens is 2. The van der Waals surface area contributed by atoms with Crippen molar-refractivity contribution in [3.63, 3.8) is 0 Å². The first kappa shape index (κ1) is 23.0. The fraction of sp³-hybridized carbons (Fsp3) is 0.208. The Morgan fingerprint density at radius 2 is 1.85 bits per heavy atom. The Balaban J connectivity index is 1.61. The second-order valence-corrected chi connectivity index (χ2v) is 9.00. The molecule has 33 heavy (non-hydrogen) atoms. The zero-order chi connectivity index (χ0) is 23.7. The van der Waals surface area contributed by atoms with E-state index in [4.69, 9.17) is 23.2 Å². The Hall–Kier alpha value is -3.13. The molecule has 1 aliphatic rings. The van der Waals surface area contributed by atoms with E-state index in [9.17, 15) is 14.7 Å². The standard InChI is InChI=1S/C24H22Cl2N4O3/c1-13-11-30(2)12-15-4-3-14(7-18(13)15)23(32)29-22-19(8-17(26)9-20(22)31)24(33)28-21-6-5-16(25)10-27-21/h3-10,13,31H,11-12H2,1-2H3,(H,29,32)(H,27,28,33). The van der Waals surface area contributed by atoms with E-state index in [1.54, 1.807) is 12.1 Å². The van der Waals surface area contributed by atoms with Gasteiger partial charge in [-0.3, -0.25) is 9.59 Å². The molecule has 1 aliphatic heterocycles. The second kappa shape index (κ2) is 9.39. The number of pyridine rings is 1. The molecule has 9 heteroatoms. The summed E-state index contributed by atoms with van der Waals surface area (Å²) in [6, 6.07) is 11.3. The van der Waals surface area contributed by atoms with Crippen LogP contribution in [-0.4, -0.2) is 40.4 Å². The molecule has 4 rings (SSSR count). The number of rotatable bonds is 4. The van der Waals surface area contributed by atoms with Gasteiger partial charge in [0.05, 0.1) is 16.3 Å². The Morgan fingerprint density at radius 3 is 2.58 bits per heavy atom. The minimum atomic E-state index is -0.597. The van der Waals surface area contributed by atoms with Gasteiger partial charge in [-0.25, -0.2) is 4.98 Å². The third kappa shape index (κ3) is 5.11. The summed E-state index contributed by atoms with van der Waals surface area (Å²) in [4.78, 5) is 32.2. The number of fused-ring (bicyclic) bond motifs is 1. The highest BCUT2D eigenvalue weighted by molar-refractivity contribution is 6.32. The van der Waals surface area contributed by atoms with Gasteiger partial charge in [0, 0.05) is 35.9 Å². The molecule has 0 aliphatic carbocycles. The first-order valence-electron chi connectivity index (χ1n) is 10.3. The van der Waals surface area contributed by atoms with Gasteiger partial charge < -0.3 is 20.6 Å². The monoisotopic (exact) mass is 484 g/mol. The van der Waals surface area contributed by atoms with E-state index < -0.39 is 11.8 Å². The van der Waals surface area contributed by atoms with Crippen LogP contribution in [-0.2, 0) is 6.54 Å². The second-order valence-electron chi connectivity index (χ2n) is 8.13. The van der Waals surface area contributed by atoms with Crippen LogP contribution in [0.2, 0.25) is 10.0 Å². The van der Waals surface area contributed by atoms with E-state index in [1.807, 2.05) is 12.1 Å². The number of carbonyl (C=O) groups is 2. The summed E-state index contributed by atoms with van der Waals surface area (Å²) < 4.78 is 0. The lowest BCUT2D eigenvalue weighted by Crippen LogP contribution is -2.29. The molecule has 1 aromatic heterocycles. The molecule has 0 saturated carbocycles. The van der Waals surface area contributed by atoms with Crippen molar-refractivity contribution in [3.05, 3.63) is 81.0 Å². The summed E-state index contributed by atoms with van der Waals surface area (Å²) in [5, 5.41) is 16.3. The SMILES string of the molecule is CC1CN(C)Cc2ccc(C(=O)Nc3c(O)cc(Cl)cc3C(=O)Nc3ccc(Cl)cn3)cc21. The van der Waals surface area contributed by atoms with Gasteiger partial charge in [-0.1, -0.05) is 36.2 Å². The normalized spacial score (nSPS) is 15.6. The van der Waals surface area contributed by atoms with Crippen molar-refractivity contribution in [2.75, 3.05) is 24.2 Å². The largest absolute Gasteiger partial charge is 0.506 e. The van der Waals surface area contributed by atoms with Crippen molar-refractivity contribution in [1.29, 1.82) is 0 Å². The minimum absolute atomic E-state index is 0.00180. The average molecular weight is 485 g/mol. The fourth-order valence-electron chi connectivity index (χ4n) is 3.98. The molecule has 2 amide bonds. The maximum atomic E-state index is 13.1. The Bertz CT molecular complexity index is 1230. The Labute approximate surface area is 201 Å². The third-order valence-corrected chi connectivity index (χ3v) is 5.94. The molecule has 3 N–H and O–H groups in total. The molecule has 0 radical (unpaired) electrons. The molecule has 3 aromatic rings. The Morgan fingerprint density at radius 1 is 1.06 bits per heavy atom. The predicted octanol–water partition coefficient (Wildman–Crippen LogP) is 5.15. The number of amides is 2. The first-order valence-corrected chi connectivity index (χ1v) is 11.0. The topological polar surface area (TPSA) is 94.6 Å². The molecule has 1 unspecified atom stereocenters. The number of hydrogen-bond acceptors (Lipinski definition) is 5. The van der Waals surface area contributed by atoms with Crippen molar-refractivity contribution < 1.29 is 14.7 Å². The van der Waals surface area contributed by atoms with Crippen LogP contribution in [0.25, 0.3) is 0 Å². The van der Waals surface area contributed by atoms with Crippen LogP contribution in [0.3, 0.4) is 0 Å². The molecule has 0 saturated heterocycles. The first-order chi connectivity index (χ1) is 15.7. The summed E-state index contributed by atoms with van der Waals surface area (Å²) >= 11 is 11.9. The van der Waals surface area contributed by atoms with Crippen LogP contribution in [0.15, 0.2) is 48.7 Å². The van der Waals surface area contributed by atoms with Crippen molar-refractivity contribution in [2.24, 2.45) is 0 Å². The van der Waals surface area contributed by atoms with Crippen LogP contribution >= 0.6 is 23.2 Å². The molecular weight excluding hydrogens is 463 g/mol. The lowest BCUT2D eigenvalue weighted by Gasteiger charge is -2.30. The molecule has 2 aromatic carbocycles. The molecular formula is C24H22Cl2N4O3. The molecule has 0 spiro atoms. The number of hydrogen-bond donors (Lipinski definition) is 3. The van der Waals surface area contributed by atoms with Crippen LogP contribution < -0.4 is 10.6 Å². The van der Waals surface area contributed by atoms with E-state index in [0.29, 0.717) is 10.6 Å². The third-order valence-electron chi connectivity index (χ3n) is 5.50. The van der Waals surface area contributed by atoms with Crippen LogP contribution in [0.4, 0.5) is 11.5 Å². The number of nitrogens with zero attached hydrogens (tertiary/aromatic N) is 2. The number of anilines is 2. The highest BCUT2D eigenvalue weighted by Crippen LogP contribution is 2.33. The van der Waals surface area contributed by atoms with Gasteiger partial charge in [0.2, 0.25) is 0 Å². The Kier molecular flexibility index (Phi) is 6.56. The molecule has 0 fully saturated rings.